The van der Waals surface area contributed by atoms with Crippen LogP contribution in [0.4, 0.5) is 23.7 Å². The maximum atomic E-state index is 13.9. The van der Waals surface area contributed by atoms with Crippen LogP contribution in [0.2, 0.25) is 0 Å². The summed E-state index contributed by atoms with van der Waals surface area (Å²) in [6.07, 6.45) is 1.26. The topological polar surface area (TPSA) is 71.3 Å². The smallest absolute Gasteiger partial charge is 0.322 e. The second-order valence-electron chi connectivity index (χ2n) is 6.34. The number of para-hydroxylation sites is 1. The van der Waals surface area contributed by atoms with Gasteiger partial charge in [-0.25, -0.2) is 18.0 Å². The average molecular weight is 388 g/mol. The van der Waals surface area contributed by atoms with E-state index in [1.807, 2.05) is 0 Å². The lowest BCUT2D eigenvalue weighted by Crippen LogP contribution is -2.34. The molecule has 2 amide bonds. The summed E-state index contributed by atoms with van der Waals surface area (Å²) < 4.78 is 46.0. The number of hydrogen-bond donors (Lipinski definition) is 1. The number of hydrogen-bond acceptors (Lipinski definition) is 4. The van der Waals surface area contributed by atoms with E-state index < -0.39 is 29.5 Å². The summed E-state index contributed by atoms with van der Waals surface area (Å²) >= 11 is 0. The van der Waals surface area contributed by atoms with Gasteiger partial charge in [-0.1, -0.05) is 17.3 Å². The van der Waals surface area contributed by atoms with E-state index in [1.54, 1.807) is 6.07 Å². The summed E-state index contributed by atoms with van der Waals surface area (Å²) in [7, 11) is 0. The van der Waals surface area contributed by atoms with Gasteiger partial charge in [0.2, 0.25) is 11.7 Å². The second kappa shape index (κ2) is 7.34. The van der Waals surface area contributed by atoms with E-state index in [2.05, 4.69) is 15.5 Å². The number of rotatable bonds is 3. The molecule has 1 saturated heterocycles. The molecule has 1 aliphatic rings. The fourth-order valence-electron chi connectivity index (χ4n) is 3.17. The molecule has 9 heteroatoms. The lowest BCUT2D eigenvalue weighted by molar-refractivity contribution is 0.193. The van der Waals surface area contributed by atoms with Crippen molar-refractivity contribution in [1.82, 2.24) is 15.0 Å². The zero-order valence-electron chi connectivity index (χ0n) is 14.5. The van der Waals surface area contributed by atoms with Crippen molar-refractivity contribution in [2.24, 2.45) is 0 Å². The minimum absolute atomic E-state index is 0.00300. The van der Waals surface area contributed by atoms with Crippen LogP contribution in [0.25, 0.3) is 11.4 Å². The quantitative estimate of drug-likeness (QED) is 0.716. The molecule has 1 atom stereocenters. The number of likely N-dealkylation sites (tertiary alicyclic amines) is 1. The molecule has 3 aromatic rings. The van der Waals surface area contributed by atoms with Gasteiger partial charge in [0.05, 0.1) is 11.3 Å². The molecule has 0 unspecified atom stereocenters. The van der Waals surface area contributed by atoms with Gasteiger partial charge in [-0.3, -0.25) is 0 Å². The van der Waals surface area contributed by atoms with E-state index in [1.165, 1.54) is 29.2 Å². The molecule has 0 bridgehead atoms. The van der Waals surface area contributed by atoms with Gasteiger partial charge in [-0.15, -0.1) is 0 Å². The highest BCUT2D eigenvalue weighted by atomic mass is 19.1. The fraction of sp³-hybridized carbons (Fsp3) is 0.211. The van der Waals surface area contributed by atoms with Crippen LogP contribution < -0.4 is 5.32 Å². The first-order valence-electron chi connectivity index (χ1n) is 8.64. The summed E-state index contributed by atoms with van der Waals surface area (Å²) in [4.78, 5) is 18.2. The molecule has 28 heavy (non-hydrogen) atoms. The molecule has 6 nitrogen and oxygen atoms in total. The van der Waals surface area contributed by atoms with Gasteiger partial charge in [0.25, 0.3) is 0 Å². The van der Waals surface area contributed by atoms with E-state index in [-0.39, 0.29) is 23.0 Å². The molecule has 1 fully saturated rings. The Morgan fingerprint density at radius 2 is 1.96 bits per heavy atom. The summed E-state index contributed by atoms with van der Waals surface area (Å²) in [6, 6.07) is 7.87. The van der Waals surface area contributed by atoms with Crippen molar-refractivity contribution in [3.63, 3.8) is 0 Å². The lowest BCUT2D eigenvalue weighted by Gasteiger charge is -2.22. The van der Waals surface area contributed by atoms with Crippen LogP contribution in [-0.2, 0) is 0 Å². The molecule has 0 saturated carbocycles. The summed E-state index contributed by atoms with van der Waals surface area (Å²) in [5.41, 5.74) is 0.0644. The lowest BCUT2D eigenvalue weighted by atomic mass is 10.2. The number of halogens is 3. The Balaban J connectivity index is 1.55. The first kappa shape index (κ1) is 18.0. The largest absolute Gasteiger partial charge is 0.337 e. The zero-order valence-corrected chi connectivity index (χ0v) is 14.5. The van der Waals surface area contributed by atoms with E-state index in [4.69, 9.17) is 4.52 Å². The van der Waals surface area contributed by atoms with E-state index >= 15 is 0 Å². The van der Waals surface area contributed by atoms with Crippen LogP contribution in [0.1, 0.15) is 24.8 Å². The monoisotopic (exact) mass is 388 g/mol. The van der Waals surface area contributed by atoms with Crippen LogP contribution in [0.15, 0.2) is 47.0 Å². The van der Waals surface area contributed by atoms with Crippen molar-refractivity contribution in [2.45, 2.75) is 18.9 Å². The van der Waals surface area contributed by atoms with Gasteiger partial charge >= 0.3 is 6.03 Å². The molecule has 0 radical (unpaired) electrons. The SMILES string of the molecule is O=C(Nc1ccccc1F)N1CCC[C@@H]1c1nc(-c2ccc(F)cc2F)no1. The van der Waals surface area contributed by atoms with Crippen molar-refractivity contribution in [2.75, 3.05) is 11.9 Å². The zero-order chi connectivity index (χ0) is 19.7. The van der Waals surface area contributed by atoms with Crippen LogP contribution in [0.5, 0.6) is 0 Å². The number of carbonyl (C=O) groups excluding carboxylic acids is 1. The first-order valence-corrected chi connectivity index (χ1v) is 8.64. The van der Waals surface area contributed by atoms with Gasteiger partial charge in [0, 0.05) is 12.6 Å². The number of nitrogens with zero attached hydrogens (tertiary/aromatic N) is 3. The molecule has 144 valence electrons. The highest BCUT2D eigenvalue weighted by Gasteiger charge is 2.34. The molecular formula is C19H15F3N4O2. The van der Waals surface area contributed by atoms with Gasteiger partial charge in [-0.05, 0) is 37.1 Å². The number of carbonyl (C=O) groups is 1. The number of benzene rings is 2. The minimum Gasteiger partial charge on any atom is -0.337 e. The minimum atomic E-state index is -0.812. The second-order valence-corrected chi connectivity index (χ2v) is 6.34. The van der Waals surface area contributed by atoms with Crippen LogP contribution in [0, 0.1) is 17.5 Å². The van der Waals surface area contributed by atoms with Gasteiger partial charge < -0.3 is 14.7 Å². The number of amides is 2. The van der Waals surface area contributed by atoms with Gasteiger partial charge in [-0.2, -0.15) is 4.98 Å². The standard InChI is InChI=1S/C19H15F3N4O2/c20-11-7-8-12(14(22)10-11)17-24-18(28-25-17)16-6-3-9-26(16)19(27)23-15-5-2-1-4-13(15)21/h1-2,4-5,7-8,10,16H,3,6,9H2,(H,23,27)/t16-/m1/s1. The van der Waals surface area contributed by atoms with Crippen LogP contribution in [0.3, 0.4) is 0 Å². The Morgan fingerprint density at radius 1 is 1.14 bits per heavy atom. The molecule has 1 aromatic heterocycles. The molecule has 1 N–H and O–H groups in total. The van der Waals surface area contributed by atoms with Crippen molar-refractivity contribution in [1.29, 1.82) is 0 Å². The molecular weight excluding hydrogens is 373 g/mol. The Kier molecular flexibility index (Phi) is 4.72. The third kappa shape index (κ3) is 3.42. The predicted octanol–water partition coefficient (Wildman–Crippen LogP) is 4.52. The highest BCUT2D eigenvalue weighted by Crippen LogP contribution is 2.33. The summed E-state index contributed by atoms with van der Waals surface area (Å²) in [5, 5.41) is 6.27. The normalized spacial score (nSPS) is 16.4. The van der Waals surface area contributed by atoms with Gasteiger partial charge in [0.1, 0.15) is 23.5 Å². The third-order valence-electron chi connectivity index (χ3n) is 4.53. The molecule has 2 aromatic carbocycles. The van der Waals surface area contributed by atoms with Crippen LogP contribution >= 0.6 is 0 Å². The Labute approximate surface area is 158 Å². The van der Waals surface area contributed by atoms with E-state index in [0.717, 1.165) is 12.1 Å². The average Bonchev–Trinajstić information content (AvgIpc) is 3.32. The number of aromatic nitrogens is 2. The predicted molar refractivity (Wildman–Crippen MR) is 93.7 cm³/mol. The molecule has 0 spiro atoms. The number of urea groups is 1. The van der Waals surface area contributed by atoms with Gasteiger partial charge in [0.15, 0.2) is 0 Å². The Morgan fingerprint density at radius 3 is 2.75 bits per heavy atom. The molecule has 0 aliphatic carbocycles. The van der Waals surface area contributed by atoms with E-state index in [9.17, 15) is 18.0 Å². The Bertz CT molecular complexity index is 1020. The fourth-order valence-corrected chi connectivity index (χ4v) is 3.17. The maximum absolute atomic E-state index is 13.9. The molecule has 4 rings (SSSR count). The van der Waals surface area contributed by atoms with Crippen molar-refractivity contribution in [3.05, 3.63) is 65.8 Å². The van der Waals surface area contributed by atoms with Crippen molar-refractivity contribution in [3.8, 4) is 11.4 Å². The first-order chi connectivity index (χ1) is 13.5. The van der Waals surface area contributed by atoms with Crippen molar-refractivity contribution >= 4 is 11.7 Å². The highest BCUT2D eigenvalue weighted by molar-refractivity contribution is 5.89. The maximum Gasteiger partial charge on any atom is 0.322 e. The number of nitrogens with one attached hydrogen (secondary N) is 1. The summed E-state index contributed by atoms with van der Waals surface area (Å²) in [5.74, 6) is -1.96. The number of anilines is 1. The third-order valence-corrected chi connectivity index (χ3v) is 4.53. The molecule has 1 aliphatic heterocycles. The Hall–Kier alpha value is -3.36. The van der Waals surface area contributed by atoms with Crippen LogP contribution in [-0.4, -0.2) is 27.6 Å². The summed E-state index contributed by atoms with van der Waals surface area (Å²) in [6.45, 7) is 0.424. The molecule has 2 heterocycles. The van der Waals surface area contributed by atoms with Crippen molar-refractivity contribution < 1.29 is 22.5 Å². The van der Waals surface area contributed by atoms with E-state index in [0.29, 0.717) is 19.4 Å².